The van der Waals surface area contributed by atoms with Crippen LogP contribution >= 0.6 is 0 Å². The van der Waals surface area contributed by atoms with E-state index < -0.39 is 0 Å². The summed E-state index contributed by atoms with van der Waals surface area (Å²) >= 11 is 0. The van der Waals surface area contributed by atoms with Gasteiger partial charge in [-0.3, -0.25) is 4.68 Å². The van der Waals surface area contributed by atoms with Gasteiger partial charge in [-0.25, -0.2) is 4.39 Å². The molecule has 4 nitrogen and oxygen atoms in total. The van der Waals surface area contributed by atoms with Crippen molar-refractivity contribution in [1.82, 2.24) is 20.0 Å². The van der Waals surface area contributed by atoms with E-state index >= 15 is 0 Å². The second-order valence-corrected chi connectivity index (χ2v) is 5.92. The summed E-state index contributed by atoms with van der Waals surface area (Å²) in [6.07, 6.45) is 2.10. The summed E-state index contributed by atoms with van der Waals surface area (Å²) in [4.78, 5) is 2.26. The lowest BCUT2D eigenvalue weighted by Crippen LogP contribution is -2.27. The molecule has 1 aromatic carbocycles. The summed E-state index contributed by atoms with van der Waals surface area (Å²) < 4.78 is 15.1. The first-order valence-corrected chi connectivity index (χ1v) is 7.68. The molecule has 2 aromatic rings. The highest BCUT2D eigenvalue weighted by Gasteiger charge is 2.14. The Morgan fingerprint density at radius 2 is 1.95 bits per heavy atom. The summed E-state index contributed by atoms with van der Waals surface area (Å²) in [6.45, 7) is 6.94. The standard InChI is InChI=1S/C17H25FN4/c1-13(2)22-12-15(11-21(4)10-9-19-3)17(20-22)14-5-7-16(18)8-6-14/h5-8,12-13,19H,9-11H2,1-4H3. The van der Waals surface area contributed by atoms with Crippen molar-refractivity contribution in [3.8, 4) is 11.3 Å². The van der Waals surface area contributed by atoms with Crippen molar-refractivity contribution in [3.05, 3.63) is 41.8 Å². The molecule has 0 amide bonds. The summed E-state index contributed by atoms with van der Waals surface area (Å²) in [5.41, 5.74) is 3.06. The van der Waals surface area contributed by atoms with Crippen LogP contribution < -0.4 is 5.32 Å². The summed E-state index contributed by atoms with van der Waals surface area (Å²) in [5, 5.41) is 7.85. The van der Waals surface area contributed by atoms with Crippen molar-refractivity contribution in [3.63, 3.8) is 0 Å². The zero-order valence-corrected chi connectivity index (χ0v) is 13.8. The molecule has 22 heavy (non-hydrogen) atoms. The van der Waals surface area contributed by atoms with E-state index in [9.17, 15) is 4.39 Å². The predicted octanol–water partition coefficient (Wildman–Crippen LogP) is 2.92. The summed E-state index contributed by atoms with van der Waals surface area (Å²) in [7, 11) is 4.05. The molecule has 2 rings (SSSR count). The molecule has 1 N–H and O–H groups in total. The molecule has 0 saturated heterocycles. The van der Waals surface area contributed by atoms with E-state index in [-0.39, 0.29) is 5.82 Å². The molecule has 0 atom stereocenters. The van der Waals surface area contributed by atoms with Gasteiger partial charge in [-0.1, -0.05) is 0 Å². The van der Waals surface area contributed by atoms with E-state index in [1.165, 1.54) is 17.7 Å². The van der Waals surface area contributed by atoms with Crippen LogP contribution in [0.1, 0.15) is 25.5 Å². The minimum atomic E-state index is -0.222. The second kappa shape index (κ2) is 7.51. The van der Waals surface area contributed by atoms with Crippen LogP contribution in [0.2, 0.25) is 0 Å². The van der Waals surface area contributed by atoms with Crippen molar-refractivity contribution >= 4 is 0 Å². The minimum Gasteiger partial charge on any atom is -0.318 e. The Labute approximate surface area is 131 Å². The minimum absolute atomic E-state index is 0.222. The number of aromatic nitrogens is 2. The Kier molecular flexibility index (Phi) is 5.69. The van der Waals surface area contributed by atoms with Crippen LogP contribution in [0.15, 0.2) is 30.5 Å². The lowest BCUT2D eigenvalue weighted by Gasteiger charge is -2.16. The molecule has 5 heteroatoms. The van der Waals surface area contributed by atoms with Crippen molar-refractivity contribution in [2.45, 2.75) is 26.4 Å². The number of rotatable bonds is 7. The molecule has 0 aliphatic carbocycles. The lowest BCUT2D eigenvalue weighted by molar-refractivity contribution is 0.328. The highest BCUT2D eigenvalue weighted by atomic mass is 19.1. The van der Waals surface area contributed by atoms with Gasteiger partial charge in [0, 0.05) is 43.0 Å². The van der Waals surface area contributed by atoms with Crippen molar-refractivity contribution < 1.29 is 4.39 Å². The van der Waals surface area contributed by atoms with Gasteiger partial charge in [0.05, 0.1) is 5.69 Å². The Bertz CT molecular complexity index is 589. The predicted molar refractivity (Wildman–Crippen MR) is 88.3 cm³/mol. The molecule has 1 aromatic heterocycles. The third-order valence-corrected chi connectivity index (χ3v) is 3.64. The third-order valence-electron chi connectivity index (χ3n) is 3.64. The van der Waals surface area contributed by atoms with Gasteiger partial charge in [0.25, 0.3) is 0 Å². The molecule has 0 unspecified atom stereocenters. The van der Waals surface area contributed by atoms with Crippen LogP contribution in [-0.2, 0) is 6.54 Å². The monoisotopic (exact) mass is 304 g/mol. The van der Waals surface area contributed by atoms with E-state index in [1.54, 1.807) is 12.1 Å². The van der Waals surface area contributed by atoms with Gasteiger partial charge in [0.15, 0.2) is 0 Å². The number of likely N-dealkylation sites (N-methyl/N-ethyl adjacent to an activating group) is 2. The maximum absolute atomic E-state index is 13.1. The SMILES string of the molecule is CNCCN(C)Cc1cn(C(C)C)nc1-c1ccc(F)cc1. The maximum Gasteiger partial charge on any atom is 0.123 e. The Hall–Kier alpha value is -1.72. The normalized spacial score (nSPS) is 11.6. The molecule has 1 heterocycles. The van der Waals surface area contributed by atoms with Gasteiger partial charge in [0.1, 0.15) is 5.82 Å². The van der Waals surface area contributed by atoms with Gasteiger partial charge in [0.2, 0.25) is 0 Å². The first-order valence-electron chi connectivity index (χ1n) is 7.68. The molecule has 0 aliphatic heterocycles. The van der Waals surface area contributed by atoms with Gasteiger partial charge in [-0.15, -0.1) is 0 Å². The molecular formula is C17H25FN4. The molecule has 0 bridgehead atoms. The molecule has 0 spiro atoms. The molecule has 0 fully saturated rings. The quantitative estimate of drug-likeness (QED) is 0.854. The van der Waals surface area contributed by atoms with Crippen molar-refractivity contribution in [2.24, 2.45) is 0 Å². The fraction of sp³-hybridized carbons (Fsp3) is 0.471. The Morgan fingerprint density at radius 3 is 2.55 bits per heavy atom. The zero-order valence-electron chi connectivity index (χ0n) is 13.8. The van der Waals surface area contributed by atoms with Crippen LogP contribution in [0.4, 0.5) is 4.39 Å². The maximum atomic E-state index is 13.1. The fourth-order valence-corrected chi connectivity index (χ4v) is 2.33. The Balaban J connectivity index is 2.28. The van der Waals surface area contributed by atoms with E-state index in [0.717, 1.165) is 30.9 Å². The molecule has 0 radical (unpaired) electrons. The fourth-order valence-electron chi connectivity index (χ4n) is 2.33. The van der Waals surface area contributed by atoms with Gasteiger partial charge in [-0.2, -0.15) is 5.10 Å². The average molecular weight is 304 g/mol. The van der Waals surface area contributed by atoms with Crippen LogP contribution in [0, 0.1) is 5.82 Å². The number of halogens is 1. The number of benzene rings is 1. The largest absolute Gasteiger partial charge is 0.318 e. The molecular weight excluding hydrogens is 279 g/mol. The van der Waals surface area contributed by atoms with E-state index in [0.29, 0.717) is 6.04 Å². The molecule has 0 aliphatic rings. The topological polar surface area (TPSA) is 33.1 Å². The highest BCUT2D eigenvalue weighted by molar-refractivity contribution is 5.62. The van der Waals surface area contributed by atoms with Crippen LogP contribution in [0.5, 0.6) is 0 Å². The highest BCUT2D eigenvalue weighted by Crippen LogP contribution is 2.24. The van der Waals surface area contributed by atoms with E-state index in [2.05, 4.69) is 37.3 Å². The second-order valence-electron chi connectivity index (χ2n) is 5.92. The van der Waals surface area contributed by atoms with E-state index in [4.69, 9.17) is 5.10 Å². The van der Waals surface area contributed by atoms with Crippen molar-refractivity contribution in [1.29, 1.82) is 0 Å². The van der Waals surface area contributed by atoms with Crippen LogP contribution in [-0.4, -0.2) is 41.9 Å². The molecule has 120 valence electrons. The number of nitrogens with one attached hydrogen (secondary N) is 1. The number of hydrogen-bond donors (Lipinski definition) is 1. The first kappa shape index (κ1) is 16.6. The van der Waals surface area contributed by atoms with E-state index in [1.807, 2.05) is 11.7 Å². The van der Waals surface area contributed by atoms with Gasteiger partial charge in [-0.05, 0) is 52.2 Å². The van der Waals surface area contributed by atoms with Crippen molar-refractivity contribution in [2.75, 3.05) is 27.2 Å². The lowest BCUT2D eigenvalue weighted by atomic mass is 10.1. The van der Waals surface area contributed by atoms with Gasteiger partial charge < -0.3 is 10.2 Å². The smallest absolute Gasteiger partial charge is 0.123 e. The third kappa shape index (κ3) is 4.15. The summed E-state index contributed by atoms with van der Waals surface area (Å²) in [5.74, 6) is -0.222. The Morgan fingerprint density at radius 1 is 1.27 bits per heavy atom. The number of nitrogens with zero attached hydrogens (tertiary/aromatic N) is 3. The zero-order chi connectivity index (χ0) is 16.1. The van der Waals surface area contributed by atoms with Gasteiger partial charge >= 0.3 is 0 Å². The number of hydrogen-bond acceptors (Lipinski definition) is 3. The molecule has 0 saturated carbocycles. The first-order chi connectivity index (χ1) is 10.5. The summed E-state index contributed by atoms with van der Waals surface area (Å²) in [6, 6.07) is 6.85. The van der Waals surface area contributed by atoms with Crippen LogP contribution in [0.3, 0.4) is 0 Å². The average Bonchev–Trinajstić information content (AvgIpc) is 2.90. The van der Waals surface area contributed by atoms with Crippen LogP contribution in [0.25, 0.3) is 11.3 Å².